The van der Waals surface area contributed by atoms with Gasteiger partial charge in [-0.2, -0.15) is 0 Å². The normalized spacial score (nSPS) is 22.7. The topological polar surface area (TPSA) is 89.8 Å². The molecule has 0 spiro atoms. The number of aromatic nitrogens is 2. The van der Waals surface area contributed by atoms with Crippen LogP contribution in [0.1, 0.15) is 37.2 Å². The number of H-pyrrole nitrogens is 2. The number of hydrogen-bond donors (Lipinski definition) is 4. The summed E-state index contributed by atoms with van der Waals surface area (Å²) in [5.74, 6) is -0.253. The summed E-state index contributed by atoms with van der Waals surface area (Å²) in [7, 11) is 0. The molecule has 1 fully saturated rings. The van der Waals surface area contributed by atoms with E-state index in [1.54, 1.807) is 0 Å². The van der Waals surface area contributed by atoms with Crippen molar-refractivity contribution in [3.8, 4) is 0 Å². The van der Waals surface area contributed by atoms with Crippen molar-refractivity contribution in [2.75, 3.05) is 13.1 Å². The maximum atomic E-state index is 11.8. The third-order valence-electron chi connectivity index (χ3n) is 3.64. The Morgan fingerprint density at radius 3 is 2.94 bits per heavy atom. The molecule has 2 heterocycles. The first-order valence-corrected chi connectivity index (χ1v) is 6.28. The van der Waals surface area contributed by atoms with Crippen LogP contribution >= 0.6 is 0 Å². The highest BCUT2D eigenvalue weighted by molar-refractivity contribution is 5.91. The molecule has 1 aliphatic rings. The van der Waals surface area contributed by atoms with Gasteiger partial charge in [-0.1, -0.05) is 13.8 Å². The number of carbonyl (C=O) groups excluding carboxylic acids is 1. The van der Waals surface area contributed by atoms with E-state index in [1.165, 1.54) is 12.6 Å². The van der Waals surface area contributed by atoms with Gasteiger partial charge in [0.2, 0.25) is 0 Å². The molecular weight excluding hydrogens is 232 g/mol. The zero-order chi connectivity index (χ0) is 13.2. The monoisotopic (exact) mass is 252 g/mol. The Labute approximate surface area is 106 Å². The SMILES string of the molecule is CC1(C)CCCNC1CNC(=O)c1c[nH]c(=O)[nH]1. The molecule has 0 aliphatic carbocycles. The first kappa shape index (κ1) is 12.9. The average molecular weight is 252 g/mol. The number of aromatic amines is 2. The van der Waals surface area contributed by atoms with Crippen molar-refractivity contribution in [3.05, 3.63) is 22.4 Å². The highest BCUT2D eigenvalue weighted by Gasteiger charge is 2.32. The van der Waals surface area contributed by atoms with E-state index in [0.717, 1.165) is 13.0 Å². The van der Waals surface area contributed by atoms with Gasteiger partial charge >= 0.3 is 5.69 Å². The molecule has 6 heteroatoms. The molecule has 0 radical (unpaired) electrons. The summed E-state index contributed by atoms with van der Waals surface area (Å²) in [6.45, 7) is 5.96. The van der Waals surface area contributed by atoms with Crippen molar-refractivity contribution < 1.29 is 4.79 Å². The fourth-order valence-corrected chi connectivity index (χ4v) is 2.36. The predicted molar refractivity (Wildman–Crippen MR) is 68.6 cm³/mol. The standard InChI is InChI=1S/C12H20N4O2/c1-12(2)4-3-5-13-9(12)7-14-10(17)8-6-15-11(18)16-8/h6,9,13H,3-5,7H2,1-2H3,(H,14,17)(H2,15,16,18). The van der Waals surface area contributed by atoms with E-state index < -0.39 is 0 Å². The lowest BCUT2D eigenvalue weighted by Gasteiger charge is -2.39. The zero-order valence-electron chi connectivity index (χ0n) is 10.8. The van der Waals surface area contributed by atoms with Gasteiger partial charge in [0.05, 0.1) is 0 Å². The smallest absolute Gasteiger partial charge is 0.323 e. The molecule has 1 unspecified atom stereocenters. The number of piperidine rings is 1. The summed E-state index contributed by atoms with van der Waals surface area (Å²) in [4.78, 5) is 27.5. The van der Waals surface area contributed by atoms with E-state index in [9.17, 15) is 9.59 Å². The highest BCUT2D eigenvalue weighted by Crippen LogP contribution is 2.29. The van der Waals surface area contributed by atoms with Crippen molar-refractivity contribution in [2.45, 2.75) is 32.7 Å². The molecule has 18 heavy (non-hydrogen) atoms. The molecule has 100 valence electrons. The summed E-state index contributed by atoms with van der Waals surface area (Å²) in [5, 5.41) is 6.27. The van der Waals surface area contributed by atoms with Crippen molar-refractivity contribution in [2.24, 2.45) is 5.41 Å². The van der Waals surface area contributed by atoms with Crippen molar-refractivity contribution in [1.29, 1.82) is 0 Å². The van der Waals surface area contributed by atoms with Gasteiger partial charge in [-0.25, -0.2) is 4.79 Å². The number of carbonyl (C=O) groups is 1. The van der Waals surface area contributed by atoms with Crippen molar-refractivity contribution in [3.63, 3.8) is 0 Å². The molecular formula is C12H20N4O2. The Hall–Kier alpha value is -1.56. The third kappa shape index (κ3) is 2.81. The fraction of sp³-hybridized carbons (Fsp3) is 0.667. The van der Waals surface area contributed by atoms with E-state index >= 15 is 0 Å². The van der Waals surface area contributed by atoms with Gasteiger partial charge in [0.25, 0.3) is 5.91 Å². The fourth-order valence-electron chi connectivity index (χ4n) is 2.36. The molecule has 1 amide bonds. The summed E-state index contributed by atoms with van der Waals surface area (Å²) in [6, 6.07) is 0.265. The van der Waals surface area contributed by atoms with Crippen LogP contribution in [0.25, 0.3) is 0 Å². The maximum absolute atomic E-state index is 11.8. The molecule has 4 N–H and O–H groups in total. The van der Waals surface area contributed by atoms with Crippen LogP contribution in [-0.4, -0.2) is 35.0 Å². The molecule has 1 aliphatic heterocycles. The summed E-state index contributed by atoms with van der Waals surface area (Å²) < 4.78 is 0. The van der Waals surface area contributed by atoms with E-state index in [2.05, 4.69) is 34.4 Å². The van der Waals surface area contributed by atoms with E-state index in [1.807, 2.05) is 0 Å². The van der Waals surface area contributed by atoms with Crippen LogP contribution < -0.4 is 16.3 Å². The molecule has 0 aromatic carbocycles. The van der Waals surface area contributed by atoms with Gasteiger partial charge in [0, 0.05) is 18.8 Å². The van der Waals surface area contributed by atoms with Crippen LogP contribution in [0, 0.1) is 5.41 Å². The van der Waals surface area contributed by atoms with Gasteiger partial charge < -0.3 is 20.6 Å². The summed E-state index contributed by atoms with van der Waals surface area (Å²) in [5.41, 5.74) is 0.0850. The molecule has 1 saturated heterocycles. The number of imidazole rings is 1. The van der Waals surface area contributed by atoms with Crippen LogP contribution in [-0.2, 0) is 0 Å². The minimum absolute atomic E-state index is 0.178. The average Bonchev–Trinajstić information content (AvgIpc) is 2.73. The summed E-state index contributed by atoms with van der Waals surface area (Å²) in [6.07, 6.45) is 3.71. The molecule has 0 saturated carbocycles. The van der Waals surface area contributed by atoms with Gasteiger partial charge in [-0.15, -0.1) is 0 Å². The molecule has 1 aromatic heterocycles. The number of amides is 1. The lowest BCUT2D eigenvalue weighted by Crippen LogP contribution is -2.52. The number of hydrogen-bond acceptors (Lipinski definition) is 3. The summed E-state index contributed by atoms with van der Waals surface area (Å²) >= 11 is 0. The lowest BCUT2D eigenvalue weighted by molar-refractivity contribution is 0.0924. The molecule has 1 aromatic rings. The van der Waals surface area contributed by atoms with Crippen LogP contribution in [0.2, 0.25) is 0 Å². The first-order valence-electron chi connectivity index (χ1n) is 6.28. The Morgan fingerprint density at radius 1 is 1.56 bits per heavy atom. The minimum atomic E-state index is -0.365. The lowest BCUT2D eigenvalue weighted by atomic mass is 9.77. The van der Waals surface area contributed by atoms with Crippen molar-refractivity contribution >= 4 is 5.91 Å². The number of rotatable bonds is 3. The van der Waals surface area contributed by atoms with Crippen LogP contribution in [0.15, 0.2) is 11.0 Å². The molecule has 1 atom stereocenters. The van der Waals surface area contributed by atoms with Crippen molar-refractivity contribution in [1.82, 2.24) is 20.6 Å². The van der Waals surface area contributed by atoms with Gasteiger partial charge in [-0.3, -0.25) is 4.79 Å². The Kier molecular flexibility index (Phi) is 3.56. The largest absolute Gasteiger partial charge is 0.349 e. The maximum Gasteiger partial charge on any atom is 0.323 e. The van der Waals surface area contributed by atoms with Crippen LogP contribution in [0.4, 0.5) is 0 Å². The molecule has 2 rings (SSSR count). The van der Waals surface area contributed by atoms with Gasteiger partial charge in [0.15, 0.2) is 0 Å². The Balaban J connectivity index is 1.91. The van der Waals surface area contributed by atoms with Gasteiger partial charge in [-0.05, 0) is 24.8 Å². The van der Waals surface area contributed by atoms with E-state index in [0.29, 0.717) is 6.54 Å². The molecule has 6 nitrogen and oxygen atoms in total. The minimum Gasteiger partial charge on any atom is -0.349 e. The Bertz CT molecular complexity index is 474. The van der Waals surface area contributed by atoms with Crippen LogP contribution in [0.5, 0.6) is 0 Å². The van der Waals surface area contributed by atoms with Gasteiger partial charge in [0.1, 0.15) is 5.69 Å². The second-order valence-corrected chi connectivity index (χ2v) is 5.47. The predicted octanol–water partition coefficient (Wildman–Crippen LogP) is 0.211. The Morgan fingerprint density at radius 2 is 2.33 bits per heavy atom. The second-order valence-electron chi connectivity index (χ2n) is 5.47. The van der Waals surface area contributed by atoms with E-state index in [4.69, 9.17) is 0 Å². The molecule has 0 bridgehead atoms. The van der Waals surface area contributed by atoms with E-state index in [-0.39, 0.29) is 28.7 Å². The zero-order valence-corrected chi connectivity index (χ0v) is 10.8. The first-order chi connectivity index (χ1) is 8.49. The second kappa shape index (κ2) is 4.97. The quantitative estimate of drug-likeness (QED) is 0.620. The van der Waals surface area contributed by atoms with Crippen LogP contribution in [0.3, 0.4) is 0 Å². The third-order valence-corrected chi connectivity index (χ3v) is 3.64. The highest BCUT2D eigenvalue weighted by atomic mass is 16.2. The number of nitrogens with one attached hydrogen (secondary N) is 4.